The van der Waals surface area contributed by atoms with Crippen molar-refractivity contribution >= 4 is 17.5 Å². The van der Waals surface area contributed by atoms with Gasteiger partial charge in [-0.2, -0.15) is 4.98 Å². The number of benzene rings is 2. The Morgan fingerprint density at radius 3 is 2.74 bits per heavy atom. The summed E-state index contributed by atoms with van der Waals surface area (Å²) in [4.78, 5) is 20.8. The average Bonchev–Trinajstić information content (AvgIpc) is 3.43. The van der Waals surface area contributed by atoms with Gasteiger partial charge in [0, 0.05) is 24.0 Å². The summed E-state index contributed by atoms with van der Waals surface area (Å²) in [5.74, 6) is 1.00. The van der Waals surface area contributed by atoms with Crippen molar-refractivity contribution in [2.24, 2.45) is 0 Å². The first-order chi connectivity index (χ1) is 15.0. The van der Waals surface area contributed by atoms with Gasteiger partial charge in [0.15, 0.2) is 11.7 Å². The van der Waals surface area contributed by atoms with Crippen LogP contribution >= 0.6 is 11.6 Å². The SMILES string of the molecule is CC(NC(=O)CCc1ncc(-c2ccccc2Cl)o1)c1nc(-c2ccc(F)cc2)no1. The highest BCUT2D eigenvalue weighted by Gasteiger charge is 2.18. The minimum atomic E-state index is -0.488. The molecule has 0 bridgehead atoms. The molecule has 4 rings (SSSR count). The van der Waals surface area contributed by atoms with E-state index in [1.807, 2.05) is 18.2 Å². The van der Waals surface area contributed by atoms with E-state index < -0.39 is 6.04 Å². The van der Waals surface area contributed by atoms with Crippen LogP contribution in [0.2, 0.25) is 5.02 Å². The predicted octanol–water partition coefficient (Wildman–Crippen LogP) is 4.99. The number of aromatic nitrogens is 3. The number of rotatable bonds is 7. The van der Waals surface area contributed by atoms with Crippen molar-refractivity contribution in [1.82, 2.24) is 20.4 Å². The van der Waals surface area contributed by atoms with Gasteiger partial charge in [0.1, 0.15) is 11.9 Å². The number of amides is 1. The molecule has 0 aliphatic rings. The number of aryl methyl sites for hydroxylation is 1. The summed E-state index contributed by atoms with van der Waals surface area (Å²) < 4.78 is 24.0. The van der Waals surface area contributed by atoms with Crippen LogP contribution in [-0.4, -0.2) is 21.0 Å². The molecule has 0 saturated heterocycles. The van der Waals surface area contributed by atoms with Crippen LogP contribution in [0.25, 0.3) is 22.7 Å². The maximum atomic E-state index is 13.1. The lowest BCUT2D eigenvalue weighted by Crippen LogP contribution is -2.27. The van der Waals surface area contributed by atoms with Gasteiger partial charge < -0.3 is 14.3 Å². The highest BCUT2D eigenvalue weighted by atomic mass is 35.5. The van der Waals surface area contributed by atoms with Crippen molar-refractivity contribution in [2.75, 3.05) is 0 Å². The van der Waals surface area contributed by atoms with Gasteiger partial charge in [-0.1, -0.05) is 28.9 Å². The van der Waals surface area contributed by atoms with E-state index in [4.69, 9.17) is 20.5 Å². The largest absolute Gasteiger partial charge is 0.441 e. The lowest BCUT2D eigenvalue weighted by atomic mass is 10.2. The lowest BCUT2D eigenvalue weighted by molar-refractivity contribution is -0.121. The van der Waals surface area contributed by atoms with E-state index in [9.17, 15) is 9.18 Å². The van der Waals surface area contributed by atoms with Crippen molar-refractivity contribution < 1.29 is 18.1 Å². The Labute approximate surface area is 182 Å². The van der Waals surface area contributed by atoms with Gasteiger partial charge in [-0.05, 0) is 43.3 Å². The van der Waals surface area contributed by atoms with E-state index in [1.54, 1.807) is 31.3 Å². The highest BCUT2D eigenvalue weighted by molar-refractivity contribution is 6.33. The Balaban J connectivity index is 1.32. The molecule has 2 aromatic carbocycles. The Kier molecular flexibility index (Phi) is 6.08. The molecule has 7 nitrogen and oxygen atoms in total. The minimum Gasteiger partial charge on any atom is -0.441 e. The second kappa shape index (κ2) is 9.09. The van der Waals surface area contributed by atoms with Crippen molar-refractivity contribution in [3.05, 3.63) is 77.3 Å². The van der Waals surface area contributed by atoms with Crippen LogP contribution in [0.5, 0.6) is 0 Å². The van der Waals surface area contributed by atoms with Crippen molar-refractivity contribution in [3.8, 4) is 22.7 Å². The standard InChI is InChI=1S/C22H18ClFN4O3/c1-13(22-27-21(28-31-22)14-6-8-15(24)9-7-14)26-19(29)10-11-20-25-12-18(30-20)16-4-2-3-5-17(16)23/h2-9,12-13H,10-11H2,1H3,(H,26,29). The number of carbonyl (C=O) groups is 1. The van der Waals surface area contributed by atoms with Gasteiger partial charge in [0.05, 0.1) is 11.2 Å². The molecule has 158 valence electrons. The number of nitrogens with zero attached hydrogens (tertiary/aromatic N) is 3. The zero-order chi connectivity index (χ0) is 21.8. The van der Waals surface area contributed by atoms with E-state index in [-0.39, 0.29) is 24.0 Å². The lowest BCUT2D eigenvalue weighted by Gasteiger charge is -2.08. The molecule has 1 amide bonds. The van der Waals surface area contributed by atoms with E-state index in [1.165, 1.54) is 12.1 Å². The fourth-order valence-corrected chi connectivity index (χ4v) is 3.16. The maximum absolute atomic E-state index is 13.1. The molecule has 0 aliphatic heterocycles. The fourth-order valence-electron chi connectivity index (χ4n) is 2.93. The van der Waals surface area contributed by atoms with Gasteiger partial charge in [0.2, 0.25) is 17.6 Å². The van der Waals surface area contributed by atoms with E-state index >= 15 is 0 Å². The molecule has 2 aromatic heterocycles. The van der Waals surface area contributed by atoms with Crippen molar-refractivity contribution in [2.45, 2.75) is 25.8 Å². The van der Waals surface area contributed by atoms with E-state index in [0.717, 1.165) is 5.56 Å². The Morgan fingerprint density at radius 2 is 1.97 bits per heavy atom. The summed E-state index contributed by atoms with van der Waals surface area (Å²) in [6.07, 6.45) is 2.09. The quantitative estimate of drug-likeness (QED) is 0.435. The summed E-state index contributed by atoms with van der Waals surface area (Å²) in [6, 6.07) is 12.6. The molecular formula is C22H18ClFN4O3. The first-order valence-corrected chi connectivity index (χ1v) is 9.96. The third-order valence-electron chi connectivity index (χ3n) is 4.55. The smallest absolute Gasteiger partial charge is 0.249 e. The Bertz CT molecular complexity index is 1190. The third kappa shape index (κ3) is 4.97. The fraction of sp³-hybridized carbons (Fsp3) is 0.182. The first kappa shape index (κ1) is 20.7. The molecular weight excluding hydrogens is 423 g/mol. The second-order valence-corrected chi connectivity index (χ2v) is 7.26. The number of nitrogens with one attached hydrogen (secondary N) is 1. The van der Waals surface area contributed by atoms with Crippen LogP contribution in [0.15, 0.2) is 63.7 Å². The zero-order valence-corrected chi connectivity index (χ0v) is 17.3. The number of carbonyl (C=O) groups excluding carboxylic acids is 1. The van der Waals surface area contributed by atoms with Gasteiger partial charge in [-0.3, -0.25) is 4.79 Å². The van der Waals surface area contributed by atoms with E-state index in [2.05, 4.69) is 20.4 Å². The van der Waals surface area contributed by atoms with E-state index in [0.29, 0.717) is 34.5 Å². The Hall–Kier alpha value is -3.52. The number of hydrogen-bond donors (Lipinski definition) is 1. The van der Waals surface area contributed by atoms with Gasteiger partial charge in [0.25, 0.3) is 0 Å². The van der Waals surface area contributed by atoms with Crippen LogP contribution in [0.1, 0.15) is 31.2 Å². The Morgan fingerprint density at radius 1 is 1.19 bits per heavy atom. The number of hydrogen-bond acceptors (Lipinski definition) is 6. The molecule has 9 heteroatoms. The highest BCUT2D eigenvalue weighted by Crippen LogP contribution is 2.28. The zero-order valence-electron chi connectivity index (χ0n) is 16.5. The van der Waals surface area contributed by atoms with Crippen LogP contribution < -0.4 is 5.32 Å². The van der Waals surface area contributed by atoms with Crippen LogP contribution in [-0.2, 0) is 11.2 Å². The third-order valence-corrected chi connectivity index (χ3v) is 4.88. The molecule has 2 heterocycles. The molecule has 1 N–H and O–H groups in total. The van der Waals surface area contributed by atoms with Crippen molar-refractivity contribution in [1.29, 1.82) is 0 Å². The summed E-state index contributed by atoms with van der Waals surface area (Å²) in [6.45, 7) is 1.74. The van der Waals surface area contributed by atoms with Gasteiger partial charge in [-0.15, -0.1) is 0 Å². The summed E-state index contributed by atoms with van der Waals surface area (Å²) >= 11 is 6.17. The first-order valence-electron chi connectivity index (χ1n) is 9.58. The molecule has 1 atom stereocenters. The maximum Gasteiger partial charge on any atom is 0.249 e. The molecule has 0 radical (unpaired) electrons. The topological polar surface area (TPSA) is 94.1 Å². The second-order valence-electron chi connectivity index (χ2n) is 6.85. The predicted molar refractivity (Wildman–Crippen MR) is 112 cm³/mol. The molecule has 0 aliphatic carbocycles. The van der Waals surface area contributed by atoms with Gasteiger partial charge in [-0.25, -0.2) is 9.37 Å². The average molecular weight is 441 g/mol. The summed E-state index contributed by atoms with van der Waals surface area (Å²) in [7, 11) is 0. The molecule has 0 spiro atoms. The van der Waals surface area contributed by atoms with Crippen LogP contribution in [0, 0.1) is 5.82 Å². The minimum absolute atomic E-state index is 0.172. The van der Waals surface area contributed by atoms with Gasteiger partial charge >= 0.3 is 0 Å². The summed E-state index contributed by atoms with van der Waals surface area (Å²) in [5, 5.41) is 7.25. The molecule has 31 heavy (non-hydrogen) atoms. The number of halogens is 2. The van der Waals surface area contributed by atoms with Crippen molar-refractivity contribution in [3.63, 3.8) is 0 Å². The number of oxazole rings is 1. The molecule has 0 fully saturated rings. The normalized spacial score (nSPS) is 12.0. The summed E-state index contributed by atoms with van der Waals surface area (Å²) in [5.41, 5.74) is 1.36. The molecule has 1 unspecified atom stereocenters. The monoisotopic (exact) mass is 440 g/mol. The molecule has 4 aromatic rings. The van der Waals surface area contributed by atoms with Crippen LogP contribution in [0.3, 0.4) is 0 Å². The van der Waals surface area contributed by atoms with Crippen LogP contribution in [0.4, 0.5) is 4.39 Å². The molecule has 0 saturated carbocycles.